The second-order valence-electron chi connectivity index (χ2n) is 7.28. The van der Waals surface area contributed by atoms with Gasteiger partial charge in [-0.25, -0.2) is 9.18 Å². The Kier molecular flexibility index (Phi) is 5.86. The molecule has 0 saturated heterocycles. The number of ketones is 1. The second-order valence-corrected chi connectivity index (χ2v) is 7.28. The van der Waals surface area contributed by atoms with E-state index in [0.29, 0.717) is 17.8 Å². The lowest BCUT2D eigenvalue weighted by molar-refractivity contribution is -0.151. The summed E-state index contributed by atoms with van der Waals surface area (Å²) in [6, 6.07) is 6.01. The lowest BCUT2D eigenvalue weighted by Gasteiger charge is -2.38. The molecule has 1 aromatic rings. The Morgan fingerprint density at radius 3 is 2.59 bits per heavy atom. The molecule has 0 unspecified atom stereocenters. The topological polar surface area (TPSA) is 81.7 Å². The van der Waals surface area contributed by atoms with Crippen LogP contribution < -0.4 is 5.32 Å². The first kappa shape index (κ1) is 20.8. The van der Waals surface area contributed by atoms with Gasteiger partial charge in [0.15, 0.2) is 5.78 Å². The van der Waals surface area contributed by atoms with Gasteiger partial charge in [-0.2, -0.15) is 0 Å². The van der Waals surface area contributed by atoms with E-state index in [2.05, 4.69) is 5.32 Å². The zero-order chi connectivity index (χ0) is 21.3. The first-order valence-electron chi connectivity index (χ1n) is 9.56. The lowest BCUT2D eigenvalue weighted by atomic mass is 9.69. The van der Waals surface area contributed by atoms with Crippen molar-refractivity contribution < 1.29 is 28.2 Å². The maximum Gasteiger partial charge on any atom is 0.336 e. The molecule has 0 saturated carbocycles. The third-order valence-electron chi connectivity index (χ3n) is 5.45. The highest BCUT2D eigenvalue weighted by Gasteiger charge is 2.47. The number of ether oxygens (including phenoxy) is 2. The molecular weight excluding hydrogens is 377 g/mol. The Bertz CT molecular complexity index is 933. The Morgan fingerprint density at radius 2 is 1.97 bits per heavy atom. The first-order chi connectivity index (χ1) is 13.8. The molecule has 2 aliphatic rings. The first-order valence-corrected chi connectivity index (χ1v) is 9.56. The van der Waals surface area contributed by atoms with Crippen molar-refractivity contribution in [1.82, 2.24) is 5.32 Å². The monoisotopic (exact) mass is 401 g/mol. The Labute approximate surface area is 168 Å². The number of carbonyl (C=O) groups excluding carboxylic acids is 3. The van der Waals surface area contributed by atoms with Gasteiger partial charge in [0.05, 0.1) is 25.2 Å². The quantitative estimate of drug-likeness (QED) is 0.617. The zero-order valence-corrected chi connectivity index (χ0v) is 16.9. The van der Waals surface area contributed by atoms with E-state index in [1.165, 1.54) is 19.2 Å². The molecule has 1 heterocycles. The van der Waals surface area contributed by atoms with Crippen molar-refractivity contribution in [2.24, 2.45) is 11.8 Å². The van der Waals surface area contributed by atoms with E-state index < -0.39 is 35.4 Å². The third-order valence-corrected chi connectivity index (χ3v) is 5.45. The Balaban J connectivity index is 2.21. The highest BCUT2D eigenvalue weighted by molar-refractivity contribution is 6.12. The fourth-order valence-corrected chi connectivity index (χ4v) is 4.18. The van der Waals surface area contributed by atoms with Crippen molar-refractivity contribution in [3.63, 3.8) is 0 Å². The van der Waals surface area contributed by atoms with E-state index in [9.17, 15) is 18.8 Å². The van der Waals surface area contributed by atoms with E-state index >= 15 is 0 Å². The van der Waals surface area contributed by atoms with E-state index in [-0.39, 0.29) is 29.2 Å². The van der Waals surface area contributed by atoms with Gasteiger partial charge in [-0.1, -0.05) is 25.1 Å². The highest BCUT2D eigenvalue weighted by Crippen LogP contribution is 2.45. The summed E-state index contributed by atoms with van der Waals surface area (Å²) in [4.78, 5) is 38.4. The normalized spacial score (nSPS) is 24.0. The lowest BCUT2D eigenvalue weighted by Crippen LogP contribution is -2.43. The van der Waals surface area contributed by atoms with Crippen LogP contribution in [0.1, 0.15) is 38.7 Å². The molecule has 3 atom stereocenters. The van der Waals surface area contributed by atoms with E-state index in [1.807, 2.05) is 0 Å². The average Bonchev–Trinajstić information content (AvgIpc) is 2.67. The standard InChI is InChI=1S/C22H24FNO5/c1-5-29-22(27)17-12(3)24-15-10-11(2)16(21(26)28-4)20(25)19(15)18(17)13-8-6-7-9-14(13)23/h6-9,11,16,18,24H,5,10H2,1-4H3/t11-,16+,18+/m1/s1. The number of methoxy groups -OCH3 is 1. The molecule has 1 aliphatic carbocycles. The molecule has 29 heavy (non-hydrogen) atoms. The number of allylic oxidation sites excluding steroid dienone is 3. The summed E-state index contributed by atoms with van der Waals surface area (Å²) < 4.78 is 24.8. The number of dihydropyridines is 1. The summed E-state index contributed by atoms with van der Waals surface area (Å²) >= 11 is 0. The summed E-state index contributed by atoms with van der Waals surface area (Å²) in [5.74, 6) is -4.51. The molecule has 0 radical (unpaired) electrons. The van der Waals surface area contributed by atoms with Gasteiger partial charge in [-0.3, -0.25) is 9.59 Å². The van der Waals surface area contributed by atoms with Gasteiger partial charge < -0.3 is 14.8 Å². The van der Waals surface area contributed by atoms with Gasteiger partial charge in [0.2, 0.25) is 0 Å². The summed E-state index contributed by atoms with van der Waals surface area (Å²) in [5.41, 5.74) is 1.68. The molecule has 7 heteroatoms. The van der Waals surface area contributed by atoms with Crippen molar-refractivity contribution in [2.75, 3.05) is 13.7 Å². The summed E-state index contributed by atoms with van der Waals surface area (Å²) in [5, 5.41) is 3.13. The van der Waals surface area contributed by atoms with Crippen LogP contribution in [0.4, 0.5) is 4.39 Å². The third kappa shape index (κ3) is 3.57. The molecule has 0 spiro atoms. The van der Waals surface area contributed by atoms with Crippen LogP contribution in [0.15, 0.2) is 46.8 Å². The fraction of sp³-hybridized carbons (Fsp3) is 0.409. The van der Waals surface area contributed by atoms with Gasteiger partial charge in [0.25, 0.3) is 0 Å². The minimum atomic E-state index is -1.00. The SMILES string of the molecule is CCOC(=O)C1=C(C)NC2=C(C(=O)[C@@H](C(=O)OC)[C@H](C)C2)[C@H]1c1ccccc1F. The summed E-state index contributed by atoms with van der Waals surface area (Å²) in [6.45, 7) is 5.31. The van der Waals surface area contributed by atoms with Crippen molar-refractivity contribution >= 4 is 17.7 Å². The van der Waals surface area contributed by atoms with Crippen LogP contribution in [-0.2, 0) is 23.9 Å². The van der Waals surface area contributed by atoms with Gasteiger partial charge in [-0.05, 0) is 32.3 Å². The van der Waals surface area contributed by atoms with Crippen LogP contribution in [0.2, 0.25) is 0 Å². The number of nitrogens with one attached hydrogen (secondary N) is 1. The average molecular weight is 401 g/mol. The van der Waals surface area contributed by atoms with Crippen molar-refractivity contribution in [3.05, 3.63) is 58.2 Å². The number of rotatable bonds is 4. The van der Waals surface area contributed by atoms with Crippen LogP contribution in [0.25, 0.3) is 0 Å². The van der Waals surface area contributed by atoms with Crippen molar-refractivity contribution in [3.8, 4) is 0 Å². The smallest absolute Gasteiger partial charge is 0.336 e. The summed E-state index contributed by atoms with van der Waals surface area (Å²) in [7, 11) is 1.23. The molecule has 1 aliphatic heterocycles. The number of benzene rings is 1. The van der Waals surface area contributed by atoms with Crippen LogP contribution in [0.5, 0.6) is 0 Å². The van der Waals surface area contributed by atoms with Gasteiger partial charge in [0.1, 0.15) is 11.7 Å². The fourth-order valence-electron chi connectivity index (χ4n) is 4.18. The molecule has 0 aromatic heterocycles. The highest BCUT2D eigenvalue weighted by atomic mass is 19.1. The molecule has 0 bridgehead atoms. The van der Waals surface area contributed by atoms with Crippen LogP contribution in [0.3, 0.4) is 0 Å². The predicted molar refractivity (Wildman–Crippen MR) is 103 cm³/mol. The molecule has 1 N–H and O–H groups in total. The number of hydrogen-bond donors (Lipinski definition) is 1. The molecule has 1 aromatic carbocycles. The second kappa shape index (κ2) is 8.19. The minimum Gasteiger partial charge on any atom is -0.468 e. The Hall–Kier alpha value is -2.96. The molecular formula is C22H24FNO5. The molecule has 0 amide bonds. The summed E-state index contributed by atoms with van der Waals surface area (Å²) in [6.07, 6.45) is 0.402. The van der Waals surface area contributed by atoms with Crippen LogP contribution >= 0.6 is 0 Å². The van der Waals surface area contributed by atoms with Gasteiger partial charge in [-0.15, -0.1) is 0 Å². The molecule has 6 nitrogen and oxygen atoms in total. The number of halogens is 1. The number of Topliss-reactive ketones (excluding diaryl/α,β-unsaturated/α-hetero) is 1. The molecule has 154 valence electrons. The number of hydrogen-bond acceptors (Lipinski definition) is 6. The number of esters is 2. The Morgan fingerprint density at radius 1 is 1.28 bits per heavy atom. The predicted octanol–water partition coefficient (Wildman–Crippen LogP) is 3.00. The molecule has 0 fully saturated rings. The van der Waals surface area contributed by atoms with Crippen LogP contribution in [0, 0.1) is 17.7 Å². The van der Waals surface area contributed by atoms with E-state index in [0.717, 1.165) is 0 Å². The van der Waals surface area contributed by atoms with E-state index in [4.69, 9.17) is 9.47 Å². The van der Waals surface area contributed by atoms with Gasteiger partial charge >= 0.3 is 11.9 Å². The maximum atomic E-state index is 14.8. The molecule has 3 rings (SSSR count). The van der Waals surface area contributed by atoms with Crippen molar-refractivity contribution in [1.29, 1.82) is 0 Å². The van der Waals surface area contributed by atoms with E-state index in [1.54, 1.807) is 32.9 Å². The number of carbonyl (C=O) groups is 3. The largest absolute Gasteiger partial charge is 0.468 e. The van der Waals surface area contributed by atoms with Crippen LogP contribution in [-0.4, -0.2) is 31.4 Å². The van der Waals surface area contributed by atoms with Gasteiger partial charge in [0, 0.05) is 22.5 Å². The zero-order valence-electron chi connectivity index (χ0n) is 16.9. The maximum absolute atomic E-state index is 14.8. The van der Waals surface area contributed by atoms with Crippen molar-refractivity contribution in [2.45, 2.75) is 33.1 Å². The minimum absolute atomic E-state index is 0.140.